The summed E-state index contributed by atoms with van der Waals surface area (Å²) >= 11 is 0. The van der Waals surface area contributed by atoms with Gasteiger partial charge in [0.1, 0.15) is 0 Å². The van der Waals surface area contributed by atoms with E-state index in [0.29, 0.717) is 6.04 Å². The molecular weight excluding hydrogens is 258 g/mol. The molecule has 3 heteroatoms. The highest BCUT2D eigenvalue weighted by molar-refractivity contribution is 5.33. The molecule has 1 aromatic rings. The van der Waals surface area contributed by atoms with Gasteiger partial charge in [0.15, 0.2) is 0 Å². The van der Waals surface area contributed by atoms with Crippen LogP contribution < -0.4 is 5.32 Å². The van der Waals surface area contributed by atoms with Crippen molar-refractivity contribution in [1.29, 1.82) is 0 Å². The second-order valence-corrected chi connectivity index (χ2v) is 6.15. The van der Waals surface area contributed by atoms with E-state index in [1.807, 2.05) is 0 Å². The first-order valence-electron chi connectivity index (χ1n) is 8.40. The highest BCUT2D eigenvalue weighted by atomic mass is 15.2. The molecule has 118 valence electrons. The van der Waals surface area contributed by atoms with Crippen LogP contribution in [0.1, 0.15) is 36.6 Å². The van der Waals surface area contributed by atoms with Gasteiger partial charge in [0.25, 0.3) is 0 Å². The molecule has 0 radical (unpaired) electrons. The van der Waals surface area contributed by atoms with E-state index in [1.165, 1.54) is 29.8 Å². The monoisotopic (exact) mass is 289 g/mol. The maximum absolute atomic E-state index is 3.45. The number of nitrogens with zero attached hydrogens (tertiary/aromatic N) is 2. The lowest BCUT2D eigenvalue weighted by atomic mass is 9.97. The minimum Gasteiger partial charge on any atom is -0.314 e. The average Bonchev–Trinajstić information content (AvgIpc) is 2.49. The van der Waals surface area contributed by atoms with E-state index >= 15 is 0 Å². The molecule has 1 unspecified atom stereocenters. The molecule has 1 N–H and O–H groups in total. The summed E-state index contributed by atoms with van der Waals surface area (Å²) in [6, 6.07) is 7.44. The van der Waals surface area contributed by atoms with Gasteiger partial charge in [0, 0.05) is 38.8 Å². The van der Waals surface area contributed by atoms with Gasteiger partial charge in [-0.15, -0.1) is 0 Å². The van der Waals surface area contributed by atoms with Crippen molar-refractivity contribution in [3.05, 3.63) is 34.9 Å². The smallest absolute Gasteiger partial charge is 0.0477 e. The SMILES string of the molecule is CCN(CC)C(CN1CCNCC1)c1ccc(C)cc1C. The summed E-state index contributed by atoms with van der Waals surface area (Å²) in [6.45, 7) is 16.9. The fourth-order valence-electron chi connectivity index (χ4n) is 3.41. The van der Waals surface area contributed by atoms with Crippen LogP contribution in [-0.4, -0.2) is 55.6 Å². The molecule has 0 amide bonds. The average molecular weight is 289 g/mol. The van der Waals surface area contributed by atoms with E-state index in [9.17, 15) is 0 Å². The second-order valence-electron chi connectivity index (χ2n) is 6.15. The third-order valence-electron chi connectivity index (χ3n) is 4.68. The zero-order valence-corrected chi connectivity index (χ0v) is 14.2. The number of aryl methyl sites for hydroxylation is 2. The Balaban J connectivity index is 2.21. The van der Waals surface area contributed by atoms with E-state index in [1.54, 1.807) is 0 Å². The summed E-state index contributed by atoms with van der Waals surface area (Å²) in [5, 5.41) is 3.45. The number of rotatable bonds is 6. The van der Waals surface area contributed by atoms with Crippen LogP contribution >= 0.6 is 0 Å². The van der Waals surface area contributed by atoms with Crippen LogP contribution in [0.3, 0.4) is 0 Å². The molecule has 1 saturated heterocycles. The minimum atomic E-state index is 0.513. The predicted octanol–water partition coefficient (Wildman–Crippen LogP) is 2.59. The maximum Gasteiger partial charge on any atom is 0.0477 e. The highest BCUT2D eigenvalue weighted by Gasteiger charge is 2.23. The number of nitrogens with one attached hydrogen (secondary N) is 1. The molecule has 0 bridgehead atoms. The fraction of sp³-hybridized carbons (Fsp3) is 0.667. The Kier molecular flexibility index (Phi) is 6.22. The van der Waals surface area contributed by atoms with Crippen LogP contribution in [0.5, 0.6) is 0 Å². The summed E-state index contributed by atoms with van der Waals surface area (Å²) in [7, 11) is 0. The first-order chi connectivity index (χ1) is 10.2. The Morgan fingerprint density at radius 3 is 2.38 bits per heavy atom. The third-order valence-corrected chi connectivity index (χ3v) is 4.68. The molecule has 1 atom stereocenters. The third kappa shape index (κ3) is 4.29. The second kappa shape index (κ2) is 7.92. The molecule has 1 aliphatic rings. The van der Waals surface area contributed by atoms with Crippen LogP contribution in [0.15, 0.2) is 18.2 Å². The lowest BCUT2D eigenvalue weighted by Gasteiger charge is -2.37. The summed E-state index contributed by atoms with van der Waals surface area (Å²) < 4.78 is 0. The summed E-state index contributed by atoms with van der Waals surface area (Å²) in [5.41, 5.74) is 4.29. The lowest BCUT2D eigenvalue weighted by molar-refractivity contribution is 0.138. The van der Waals surface area contributed by atoms with E-state index < -0.39 is 0 Å². The summed E-state index contributed by atoms with van der Waals surface area (Å²) in [6.07, 6.45) is 0. The highest BCUT2D eigenvalue weighted by Crippen LogP contribution is 2.26. The molecule has 0 aromatic heterocycles. The van der Waals surface area contributed by atoms with Gasteiger partial charge in [-0.2, -0.15) is 0 Å². The normalized spacial score (nSPS) is 18.1. The molecule has 1 aromatic carbocycles. The first-order valence-corrected chi connectivity index (χ1v) is 8.40. The zero-order valence-electron chi connectivity index (χ0n) is 14.2. The molecule has 2 rings (SSSR count). The lowest BCUT2D eigenvalue weighted by Crippen LogP contribution is -2.47. The summed E-state index contributed by atoms with van der Waals surface area (Å²) in [5.74, 6) is 0. The van der Waals surface area contributed by atoms with Gasteiger partial charge in [-0.25, -0.2) is 0 Å². The molecule has 1 heterocycles. The number of hydrogen-bond acceptors (Lipinski definition) is 3. The van der Waals surface area contributed by atoms with Gasteiger partial charge < -0.3 is 5.32 Å². The maximum atomic E-state index is 3.45. The van der Waals surface area contributed by atoms with Gasteiger partial charge >= 0.3 is 0 Å². The Morgan fingerprint density at radius 2 is 1.81 bits per heavy atom. The molecule has 21 heavy (non-hydrogen) atoms. The molecule has 1 fully saturated rings. The number of piperazine rings is 1. The Morgan fingerprint density at radius 1 is 1.14 bits per heavy atom. The van der Waals surface area contributed by atoms with Crippen LogP contribution in [0.25, 0.3) is 0 Å². The standard InChI is InChI=1S/C18H31N3/c1-5-21(6-2)18(14-20-11-9-19-10-12-20)17-8-7-15(3)13-16(17)4/h7-8,13,18-19H,5-6,9-12,14H2,1-4H3. The Bertz CT molecular complexity index is 434. The van der Waals surface area contributed by atoms with Crippen molar-refractivity contribution >= 4 is 0 Å². The topological polar surface area (TPSA) is 18.5 Å². The number of benzene rings is 1. The predicted molar refractivity (Wildman–Crippen MR) is 90.9 cm³/mol. The van der Waals surface area contributed by atoms with E-state index in [4.69, 9.17) is 0 Å². The molecule has 3 nitrogen and oxygen atoms in total. The van der Waals surface area contributed by atoms with Crippen LogP contribution in [0.4, 0.5) is 0 Å². The van der Waals surface area contributed by atoms with Crippen molar-refractivity contribution in [3.63, 3.8) is 0 Å². The molecule has 1 aliphatic heterocycles. The Hall–Kier alpha value is -0.900. The van der Waals surface area contributed by atoms with Crippen LogP contribution in [0, 0.1) is 13.8 Å². The Labute approximate surface area is 130 Å². The van der Waals surface area contributed by atoms with Gasteiger partial charge in [-0.05, 0) is 38.1 Å². The quantitative estimate of drug-likeness (QED) is 0.868. The van der Waals surface area contributed by atoms with Crippen LogP contribution in [0.2, 0.25) is 0 Å². The van der Waals surface area contributed by atoms with Gasteiger partial charge in [0.05, 0.1) is 0 Å². The molecule has 0 saturated carbocycles. The zero-order chi connectivity index (χ0) is 15.2. The molecule has 0 spiro atoms. The van der Waals surface area contributed by atoms with Gasteiger partial charge in [-0.3, -0.25) is 9.80 Å². The van der Waals surface area contributed by atoms with Crippen molar-refractivity contribution in [2.75, 3.05) is 45.8 Å². The number of likely N-dealkylation sites (N-methyl/N-ethyl adjacent to an activating group) is 1. The molecule has 0 aliphatic carbocycles. The van der Waals surface area contributed by atoms with Crippen molar-refractivity contribution in [2.45, 2.75) is 33.7 Å². The van der Waals surface area contributed by atoms with Crippen molar-refractivity contribution in [1.82, 2.24) is 15.1 Å². The van der Waals surface area contributed by atoms with Crippen molar-refractivity contribution < 1.29 is 0 Å². The first kappa shape index (κ1) is 16.5. The van der Waals surface area contributed by atoms with E-state index in [0.717, 1.165) is 32.7 Å². The molecular formula is C18H31N3. The minimum absolute atomic E-state index is 0.513. The van der Waals surface area contributed by atoms with E-state index in [2.05, 4.69) is 61.0 Å². The van der Waals surface area contributed by atoms with Crippen molar-refractivity contribution in [3.8, 4) is 0 Å². The van der Waals surface area contributed by atoms with Gasteiger partial charge in [0.2, 0.25) is 0 Å². The van der Waals surface area contributed by atoms with E-state index in [-0.39, 0.29) is 0 Å². The van der Waals surface area contributed by atoms with Crippen LogP contribution in [-0.2, 0) is 0 Å². The van der Waals surface area contributed by atoms with Crippen molar-refractivity contribution in [2.24, 2.45) is 0 Å². The largest absolute Gasteiger partial charge is 0.314 e. The number of hydrogen-bond donors (Lipinski definition) is 1. The summed E-state index contributed by atoms with van der Waals surface area (Å²) in [4.78, 5) is 5.21. The fourth-order valence-corrected chi connectivity index (χ4v) is 3.41. The van der Waals surface area contributed by atoms with Gasteiger partial charge in [-0.1, -0.05) is 37.6 Å².